The van der Waals surface area contributed by atoms with Crippen molar-refractivity contribution in [3.63, 3.8) is 0 Å². The molecule has 0 spiro atoms. The molecule has 2 aromatic rings. The zero-order valence-corrected chi connectivity index (χ0v) is 12.5. The second kappa shape index (κ2) is 6.14. The molecule has 0 heterocycles. The topological polar surface area (TPSA) is 44.5 Å². The quantitative estimate of drug-likeness (QED) is 0.919. The van der Waals surface area contributed by atoms with Gasteiger partial charge in [-0.3, -0.25) is 0 Å². The molecule has 0 aliphatic carbocycles. The second-order valence-corrected chi connectivity index (χ2v) is 5.29. The van der Waals surface area contributed by atoms with Crippen molar-refractivity contribution in [2.45, 2.75) is 18.9 Å². The summed E-state index contributed by atoms with van der Waals surface area (Å²) in [6, 6.07) is 12.0. The molecule has 0 radical (unpaired) electrons. The minimum absolute atomic E-state index is 0.259. The highest BCUT2D eigenvalue weighted by Gasteiger charge is 2.26. The average Bonchev–Trinajstić information content (AvgIpc) is 2.46. The van der Waals surface area contributed by atoms with E-state index in [-0.39, 0.29) is 5.82 Å². The Morgan fingerprint density at radius 2 is 1.86 bits per heavy atom. The van der Waals surface area contributed by atoms with Crippen LogP contribution in [-0.2, 0) is 12.0 Å². The van der Waals surface area contributed by atoms with Crippen molar-refractivity contribution in [2.24, 2.45) is 5.73 Å². The number of methoxy groups -OCH3 is 2. The van der Waals surface area contributed by atoms with Crippen molar-refractivity contribution in [1.82, 2.24) is 0 Å². The molecule has 0 fully saturated rings. The minimum Gasteiger partial charge on any atom is -0.497 e. The van der Waals surface area contributed by atoms with E-state index >= 15 is 0 Å². The molecule has 112 valence electrons. The number of nitrogens with two attached hydrogens (primary N) is 1. The SMILES string of the molecule is COc1ccc(C(C)(N)Cc2cccc(F)c2)c(OC)c1. The first-order valence-corrected chi connectivity index (χ1v) is 6.72. The van der Waals surface area contributed by atoms with E-state index in [0.29, 0.717) is 17.9 Å². The Bertz CT molecular complexity index is 626. The lowest BCUT2D eigenvalue weighted by Gasteiger charge is -2.27. The molecule has 4 heteroatoms. The largest absolute Gasteiger partial charge is 0.497 e. The maximum Gasteiger partial charge on any atom is 0.127 e. The molecule has 21 heavy (non-hydrogen) atoms. The summed E-state index contributed by atoms with van der Waals surface area (Å²) in [4.78, 5) is 0. The fourth-order valence-corrected chi connectivity index (χ4v) is 2.44. The van der Waals surface area contributed by atoms with Crippen molar-refractivity contribution in [1.29, 1.82) is 0 Å². The Morgan fingerprint density at radius 3 is 2.48 bits per heavy atom. The van der Waals surface area contributed by atoms with E-state index in [1.165, 1.54) is 12.1 Å². The molecule has 0 amide bonds. The summed E-state index contributed by atoms with van der Waals surface area (Å²) >= 11 is 0. The summed E-state index contributed by atoms with van der Waals surface area (Å²) < 4.78 is 23.9. The molecule has 0 aromatic heterocycles. The highest BCUT2D eigenvalue weighted by atomic mass is 19.1. The third kappa shape index (κ3) is 3.52. The Kier molecular flexibility index (Phi) is 4.48. The molecule has 0 saturated heterocycles. The maximum atomic E-state index is 13.3. The van der Waals surface area contributed by atoms with E-state index in [4.69, 9.17) is 15.2 Å². The van der Waals surface area contributed by atoms with Crippen LogP contribution in [0.15, 0.2) is 42.5 Å². The van der Waals surface area contributed by atoms with Crippen molar-refractivity contribution in [3.8, 4) is 11.5 Å². The van der Waals surface area contributed by atoms with Crippen LogP contribution < -0.4 is 15.2 Å². The van der Waals surface area contributed by atoms with Crippen LogP contribution in [-0.4, -0.2) is 14.2 Å². The van der Waals surface area contributed by atoms with Crippen molar-refractivity contribution in [2.75, 3.05) is 14.2 Å². The fraction of sp³-hybridized carbons (Fsp3) is 0.294. The first-order chi connectivity index (χ1) is 9.96. The lowest BCUT2D eigenvalue weighted by Crippen LogP contribution is -2.35. The third-order valence-corrected chi connectivity index (χ3v) is 3.48. The summed E-state index contributed by atoms with van der Waals surface area (Å²) in [5.74, 6) is 1.11. The van der Waals surface area contributed by atoms with Crippen molar-refractivity contribution < 1.29 is 13.9 Å². The van der Waals surface area contributed by atoms with Crippen molar-refractivity contribution >= 4 is 0 Å². The Hall–Kier alpha value is -2.07. The van der Waals surface area contributed by atoms with Gasteiger partial charge in [0.25, 0.3) is 0 Å². The minimum atomic E-state index is -0.675. The van der Waals surface area contributed by atoms with Gasteiger partial charge in [0.05, 0.1) is 14.2 Å². The second-order valence-electron chi connectivity index (χ2n) is 5.29. The van der Waals surface area contributed by atoms with Crippen LogP contribution >= 0.6 is 0 Å². The molecule has 0 aliphatic rings. The normalized spacial score (nSPS) is 13.6. The van der Waals surface area contributed by atoms with Gasteiger partial charge in [-0.05, 0) is 43.2 Å². The van der Waals surface area contributed by atoms with Gasteiger partial charge in [0.1, 0.15) is 17.3 Å². The van der Waals surface area contributed by atoms with Gasteiger partial charge < -0.3 is 15.2 Å². The third-order valence-electron chi connectivity index (χ3n) is 3.48. The van der Waals surface area contributed by atoms with Gasteiger partial charge in [0.15, 0.2) is 0 Å². The molecule has 1 unspecified atom stereocenters. The summed E-state index contributed by atoms with van der Waals surface area (Å²) in [5, 5.41) is 0. The standard InChI is InChI=1S/C17H20FNO2/c1-17(19,11-12-5-4-6-13(18)9-12)15-8-7-14(20-2)10-16(15)21-3/h4-10H,11,19H2,1-3H3. The van der Waals surface area contributed by atoms with Crippen LogP contribution in [0.1, 0.15) is 18.1 Å². The van der Waals surface area contributed by atoms with E-state index in [1.807, 2.05) is 25.1 Å². The van der Waals surface area contributed by atoms with E-state index in [2.05, 4.69) is 0 Å². The van der Waals surface area contributed by atoms with Crippen LogP contribution in [0.4, 0.5) is 4.39 Å². The zero-order valence-electron chi connectivity index (χ0n) is 12.5. The number of rotatable bonds is 5. The molecule has 2 aromatic carbocycles. The van der Waals surface area contributed by atoms with Crippen LogP contribution in [0.2, 0.25) is 0 Å². The monoisotopic (exact) mass is 289 g/mol. The Balaban J connectivity index is 2.34. The number of halogens is 1. The maximum absolute atomic E-state index is 13.3. The number of benzene rings is 2. The molecule has 0 bridgehead atoms. The first kappa shape index (κ1) is 15.3. The zero-order chi connectivity index (χ0) is 15.5. The predicted octanol–water partition coefficient (Wildman–Crippen LogP) is 3.26. The molecule has 0 saturated carbocycles. The summed E-state index contributed by atoms with van der Waals surface area (Å²) in [5.41, 5.74) is 7.47. The van der Waals surface area contributed by atoms with Crippen LogP contribution in [0.5, 0.6) is 11.5 Å². The molecule has 2 N–H and O–H groups in total. The summed E-state index contributed by atoms with van der Waals surface area (Å²) in [7, 11) is 3.19. The van der Waals surface area contributed by atoms with Gasteiger partial charge >= 0.3 is 0 Å². The highest BCUT2D eigenvalue weighted by molar-refractivity contribution is 5.45. The lowest BCUT2D eigenvalue weighted by atomic mass is 9.86. The van der Waals surface area contributed by atoms with Gasteiger partial charge in [0.2, 0.25) is 0 Å². The van der Waals surface area contributed by atoms with Crippen LogP contribution in [0, 0.1) is 5.82 Å². The highest BCUT2D eigenvalue weighted by Crippen LogP contribution is 2.33. The number of hydrogen-bond donors (Lipinski definition) is 1. The van der Waals surface area contributed by atoms with E-state index in [9.17, 15) is 4.39 Å². The Labute approximate surface area is 124 Å². The van der Waals surface area contributed by atoms with Crippen LogP contribution in [0.25, 0.3) is 0 Å². The van der Waals surface area contributed by atoms with E-state index < -0.39 is 5.54 Å². The molecular formula is C17H20FNO2. The van der Waals surface area contributed by atoms with E-state index in [0.717, 1.165) is 11.1 Å². The van der Waals surface area contributed by atoms with Gasteiger partial charge in [-0.15, -0.1) is 0 Å². The average molecular weight is 289 g/mol. The van der Waals surface area contributed by atoms with E-state index in [1.54, 1.807) is 26.4 Å². The lowest BCUT2D eigenvalue weighted by molar-refractivity contribution is 0.375. The molecule has 1 atom stereocenters. The number of hydrogen-bond acceptors (Lipinski definition) is 3. The summed E-state index contributed by atoms with van der Waals surface area (Å²) in [6.45, 7) is 1.90. The van der Waals surface area contributed by atoms with Gasteiger partial charge in [-0.2, -0.15) is 0 Å². The van der Waals surface area contributed by atoms with Crippen molar-refractivity contribution in [3.05, 3.63) is 59.4 Å². The number of ether oxygens (including phenoxy) is 2. The smallest absolute Gasteiger partial charge is 0.127 e. The molecule has 3 nitrogen and oxygen atoms in total. The van der Waals surface area contributed by atoms with Gasteiger partial charge in [-0.25, -0.2) is 4.39 Å². The van der Waals surface area contributed by atoms with Crippen LogP contribution in [0.3, 0.4) is 0 Å². The Morgan fingerprint density at radius 1 is 1.10 bits per heavy atom. The molecular weight excluding hydrogens is 269 g/mol. The summed E-state index contributed by atoms with van der Waals surface area (Å²) in [6.07, 6.45) is 0.507. The van der Waals surface area contributed by atoms with Gasteiger partial charge in [-0.1, -0.05) is 12.1 Å². The van der Waals surface area contributed by atoms with Gasteiger partial charge in [0, 0.05) is 17.2 Å². The fourth-order valence-electron chi connectivity index (χ4n) is 2.44. The predicted molar refractivity (Wildman–Crippen MR) is 81.2 cm³/mol. The molecule has 0 aliphatic heterocycles. The molecule has 2 rings (SSSR count). The first-order valence-electron chi connectivity index (χ1n) is 6.72.